The van der Waals surface area contributed by atoms with Crippen molar-refractivity contribution in [1.29, 1.82) is 0 Å². The van der Waals surface area contributed by atoms with E-state index in [2.05, 4.69) is 17.1 Å². The van der Waals surface area contributed by atoms with Gasteiger partial charge in [0.25, 0.3) is 0 Å². The number of hydrogen-bond acceptors (Lipinski definition) is 3. The van der Waals surface area contributed by atoms with Gasteiger partial charge in [-0.05, 0) is 30.5 Å². The number of hydrogen-bond donors (Lipinski definition) is 1. The molecule has 1 saturated heterocycles. The maximum absolute atomic E-state index is 12.5. The van der Waals surface area contributed by atoms with Crippen molar-refractivity contribution in [2.24, 2.45) is 0 Å². The van der Waals surface area contributed by atoms with Crippen molar-refractivity contribution < 1.29 is 4.79 Å². The molecule has 1 atom stereocenters. The number of pyridine rings is 1. The molecule has 1 fully saturated rings. The van der Waals surface area contributed by atoms with E-state index in [1.54, 1.807) is 12.3 Å². The summed E-state index contributed by atoms with van der Waals surface area (Å²) in [6.45, 7) is 0.827. The minimum absolute atomic E-state index is 0.138. The molecule has 1 aliphatic heterocycles. The van der Waals surface area contributed by atoms with Gasteiger partial charge < -0.3 is 10.6 Å². The van der Waals surface area contributed by atoms with Gasteiger partial charge in [-0.25, -0.2) is 0 Å². The number of rotatable bonds is 3. The zero-order chi connectivity index (χ0) is 14.7. The highest BCUT2D eigenvalue weighted by Crippen LogP contribution is 2.32. The number of nitrogen functional groups attached to an aromatic ring is 1. The first-order valence-corrected chi connectivity index (χ1v) is 7.29. The number of anilines is 1. The fourth-order valence-electron chi connectivity index (χ4n) is 2.88. The summed E-state index contributed by atoms with van der Waals surface area (Å²) in [4.78, 5) is 18.7. The number of nitrogens with two attached hydrogens (primary N) is 1. The predicted octanol–water partition coefficient (Wildman–Crippen LogP) is 2.57. The Hall–Kier alpha value is -2.36. The van der Waals surface area contributed by atoms with Crippen LogP contribution in [-0.2, 0) is 11.2 Å². The maximum atomic E-state index is 12.5. The van der Waals surface area contributed by atoms with Crippen molar-refractivity contribution in [2.75, 3.05) is 12.3 Å². The van der Waals surface area contributed by atoms with E-state index in [1.807, 2.05) is 29.2 Å². The quantitative estimate of drug-likeness (QED) is 0.940. The summed E-state index contributed by atoms with van der Waals surface area (Å²) in [5.41, 5.74) is 8.23. The van der Waals surface area contributed by atoms with E-state index in [9.17, 15) is 4.79 Å². The molecule has 1 aromatic heterocycles. The Morgan fingerprint density at radius 2 is 2.05 bits per heavy atom. The van der Waals surface area contributed by atoms with Crippen molar-refractivity contribution in [2.45, 2.75) is 25.3 Å². The van der Waals surface area contributed by atoms with Crippen molar-refractivity contribution >= 4 is 11.6 Å². The zero-order valence-corrected chi connectivity index (χ0v) is 11.9. The average molecular weight is 281 g/mol. The Bertz CT molecular complexity index is 610. The van der Waals surface area contributed by atoms with Gasteiger partial charge in [0.1, 0.15) is 0 Å². The molecule has 0 spiro atoms. The predicted molar refractivity (Wildman–Crippen MR) is 82.5 cm³/mol. The van der Waals surface area contributed by atoms with Crippen molar-refractivity contribution in [3.05, 3.63) is 59.9 Å². The molecule has 1 aliphatic rings. The highest BCUT2D eigenvalue weighted by molar-refractivity contribution is 5.79. The number of carbonyl (C=O) groups is 1. The lowest BCUT2D eigenvalue weighted by Gasteiger charge is -2.25. The normalized spacial score (nSPS) is 17.9. The van der Waals surface area contributed by atoms with Gasteiger partial charge in [-0.3, -0.25) is 9.78 Å². The number of amides is 1. The second-order valence-electron chi connectivity index (χ2n) is 5.42. The molecule has 0 radical (unpaired) electrons. The maximum Gasteiger partial charge on any atom is 0.229 e. The van der Waals surface area contributed by atoms with Gasteiger partial charge in [-0.15, -0.1) is 0 Å². The van der Waals surface area contributed by atoms with Crippen LogP contribution in [0.4, 0.5) is 5.69 Å². The van der Waals surface area contributed by atoms with Gasteiger partial charge in [-0.2, -0.15) is 0 Å². The lowest BCUT2D eigenvalue weighted by atomic mass is 10.0. The summed E-state index contributed by atoms with van der Waals surface area (Å²) in [6, 6.07) is 14.1. The molecule has 0 saturated carbocycles. The number of nitrogens with zero attached hydrogens (tertiary/aromatic N) is 2. The van der Waals surface area contributed by atoms with E-state index in [1.165, 1.54) is 5.56 Å². The molecule has 0 aliphatic carbocycles. The smallest absolute Gasteiger partial charge is 0.229 e. The van der Waals surface area contributed by atoms with Gasteiger partial charge in [-0.1, -0.05) is 30.3 Å². The molecule has 2 heterocycles. The van der Waals surface area contributed by atoms with Crippen LogP contribution in [0.15, 0.2) is 48.7 Å². The Morgan fingerprint density at radius 1 is 1.24 bits per heavy atom. The second-order valence-corrected chi connectivity index (χ2v) is 5.42. The van der Waals surface area contributed by atoms with Gasteiger partial charge in [0.2, 0.25) is 5.91 Å². The van der Waals surface area contributed by atoms with Crippen LogP contribution in [-0.4, -0.2) is 22.3 Å². The molecule has 108 valence electrons. The van der Waals surface area contributed by atoms with E-state index in [0.717, 1.165) is 25.1 Å². The van der Waals surface area contributed by atoms with Crippen molar-refractivity contribution in [3.8, 4) is 0 Å². The highest BCUT2D eigenvalue weighted by Gasteiger charge is 2.29. The molecule has 3 rings (SSSR count). The summed E-state index contributed by atoms with van der Waals surface area (Å²) in [6.07, 6.45) is 4.02. The van der Waals surface area contributed by atoms with Crippen LogP contribution in [0.5, 0.6) is 0 Å². The van der Waals surface area contributed by atoms with Crippen LogP contribution in [0.1, 0.15) is 30.1 Å². The number of aromatic nitrogens is 1. The summed E-state index contributed by atoms with van der Waals surface area (Å²) < 4.78 is 0. The Kier molecular flexibility index (Phi) is 3.86. The molecule has 21 heavy (non-hydrogen) atoms. The van der Waals surface area contributed by atoms with Crippen molar-refractivity contribution in [3.63, 3.8) is 0 Å². The lowest BCUT2D eigenvalue weighted by molar-refractivity contribution is -0.131. The summed E-state index contributed by atoms with van der Waals surface area (Å²) in [5, 5.41) is 0. The summed E-state index contributed by atoms with van der Waals surface area (Å²) in [5.74, 6) is 0.138. The lowest BCUT2D eigenvalue weighted by Crippen LogP contribution is -2.32. The highest BCUT2D eigenvalue weighted by atomic mass is 16.2. The van der Waals surface area contributed by atoms with Crippen LogP contribution in [0.2, 0.25) is 0 Å². The monoisotopic (exact) mass is 281 g/mol. The zero-order valence-electron chi connectivity index (χ0n) is 11.9. The van der Waals surface area contributed by atoms with Gasteiger partial charge in [0.15, 0.2) is 0 Å². The van der Waals surface area contributed by atoms with E-state index in [0.29, 0.717) is 12.1 Å². The van der Waals surface area contributed by atoms with Crippen LogP contribution in [0.3, 0.4) is 0 Å². The standard InChI is InChI=1S/C17H19N3O/c18-14-8-9-15(19-12-14)11-17(21)20-10-4-7-16(20)13-5-2-1-3-6-13/h1-3,5-6,8-9,12,16H,4,7,10-11,18H2. The molecule has 0 bridgehead atoms. The third-order valence-corrected chi connectivity index (χ3v) is 3.94. The molecule has 4 heteroatoms. The third-order valence-electron chi connectivity index (χ3n) is 3.94. The van der Waals surface area contributed by atoms with E-state index in [4.69, 9.17) is 5.73 Å². The number of benzene rings is 1. The third kappa shape index (κ3) is 3.05. The van der Waals surface area contributed by atoms with Crippen LogP contribution >= 0.6 is 0 Å². The Morgan fingerprint density at radius 3 is 2.76 bits per heavy atom. The van der Waals surface area contributed by atoms with Gasteiger partial charge in [0.05, 0.1) is 24.3 Å². The summed E-state index contributed by atoms with van der Waals surface area (Å²) >= 11 is 0. The molecular formula is C17H19N3O. The van der Waals surface area contributed by atoms with Gasteiger partial charge in [0, 0.05) is 12.2 Å². The molecule has 2 aromatic rings. The number of likely N-dealkylation sites (tertiary alicyclic amines) is 1. The largest absolute Gasteiger partial charge is 0.397 e. The molecule has 2 N–H and O–H groups in total. The minimum Gasteiger partial charge on any atom is -0.397 e. The molecule has 1 unspecified atom stereocenters. The average Bonchev–Trinajstić information content (AvgIpc) is 3.00. The molecule has 1 amide bonds. The Balaban J connectivity index is 1.73. The van der Waals surface area contributed by atoms with E-state index < -0.39 is 0 Å². The van der Waals surface area contributed by atoms with Crippen LogP contribution in [0, 0.1) is 0 Å². The van der Waals surface area contributed by atoms with E-state index in [-0.39, 0.29) is 11.9 Å². The molecule has 4 nitrogen and oxygen atoms in total. The molecular weight excluding hydrogens is 262 g/mol. The fourth-order valence-corrected chi connectivity index (χ4v) is 2.88. The van der Waals surface area contributed by atoms with Crippen molar-refractivity contribution in [1.82, 2.24) is 9.88 Å². The van der Waals surface area contributed by atoms with Crippen LogP contribution in [0.25, 0.3) is 0 Å². The number of carbonyl (C=O) groups excluding carboxylic acids is 1. The molecule has 1 aromatic carbocycles. The first kappa shape index (κ1) is 13.6. The topological polar surface area (TPSA) is 59.2 Å². The SMILES string of the molecule is Nc1ccc(CC(=O)N2CCCC2c2ccccc2)nc1. The first-order valence-electron chi connectivity index (χ1n) is 7.29. The Labute approximate surface area is 124 Å². The van der Waals surface area contributed by atoms with Gasteiger partial charge >= 0.3 is 0 Å². The summed E-state index contributed by atoms with van der Waals surface area (Å²) in [7, 11) is 0. The second kappa shape index (κ2) is 5.95. The fraction of sp³-hybridized carbons (Fsp3) is 0.294. The minimum atomic E-state index is 0.138. The van der Waals surface area contributed by atoms with Crippen LogP contribution < -0.4 is 5.73 Å². The first-order chi connectivity index (χ1) is 10.2. The van der Waals surface area contributed by atoms with E-state index >= 15 is 0 Å².